The van der Waals surface area contributed by atoms with Gasteiger partial charge in [-0.25, -0.2) is 0 Å². The van der Waals surface area contributed by atoms with E-state index in [0.29, 0.717) is 27.0 Å². The van der Waals surface area contributed by atoms with Crippen LogP contribution in [0.15, 0.2) is 24.4 Å². The number of carbonyl (C=O) groups excluding carboxylic acids is 1. The number of aryl methyl sites for hydroxylation is 1. The monoisotopic (exact) mass is 308 g/mol. The summed E-state index contributed by atoms with van der Waals surface area (Å²) < 4.78 is 1.42. The molecular weight excluding hydrogens is 299 g/mol. The molecule has 0 aliphatic carbocycles. The predicted octanol–water partition coefficient (Wildman–Crippen LogP) is 2.78. The Morgan fingerprint density at radius 3 is 2.70 bits per heavy atom. The number of halogens is 2. The highest BCUT2D eigenvalue weighted by Gasteiger charge is 2.14. The van der Waals surface area contributed by atoms with Gasteiger partial charge in [0.15, 0.2) is 0 Å². The van der Waals surface area contributed by atoms with Crippen molar-refractivity contribution in [3.05, 3.63) is 45.6 Å². The topological polar surface area (TPSA) is 70.7 Å². The molecule has 0 fully saturated rings. The number of hydrogen-bond acceptors (Lipinski definition) is 3. The van der Waals surface area contributed by atoms with Gasteiger partial charge in [0.25, 0.3) is 0 Å². The van der Waals surface area contributed by atoms with E-state index in [1.165, 1.54) is 10.9 Å². The van der Waals surface area contributed by atoms with Gasteiger partial charge in [-0.1, -0.05) is 29.3 Å². The number of nitrogens with zero attached hydrogens (tertiary/aromatic N) is 3. The molecule has 0 saturated heterocycles. The lowest BCUT2D eigenvalue weighted by Gasteiger charge is -2.08. The molecule has 0 aliphatic rings. The molecule has 0 unspecified atom stereocenters. The summed E-state index contributed by atoms with van der Waals surface area (Å²) in [5, 5.41) is 16.3. The van der Waals surface area contributed by atoms with Crippen molar-refractivity contribution >= 4 is 34.9 Å². The van der Waals surface area contributed by atoms with Gasteiger partial charge < -0.3 is 5.32 Å². The van der Waals surface area contributed by atoms with E-state index in [4.69, 9.17) is 28.5 Å². The first kappa shape index (κ1) is 14.4. The summed E-state index contributed by atoms with van der Waals surface area (Å²) in [6.45, 7) is 0. The van der Waals surface area contributed by atoms with Crippen LogP contribution in [0.25, 0.3) is 0 Å². The quantitative estimate of drug-likeness (QED) is 0.947. The number of amides is 1. The summed E-state index contributed by atoms with van der Waals surface area (Å²) in [6.07, 6.45) is 1.41. The number of nitriles is 1. The number of nitrogens with one attached hydrogen (secondary N) is 1. The van der Waals surface area contributed by atoms with Crippen LogP contribution in [-0.4, -0.2) is 15.7 Å². The summed E-state index contributed by atoms with van der Waals surface area (Å²) in [5.74, 6) is 0.0285. The van der Waals surface area contributed by atoms with Gasteiger partial charge in [0.2, 0.25) is 5.91 Å². The van der Waals surface area contributed by atoms with Crippen LogP contribution in [0.5, 0.6) is 0 Å². The summed E-state index contributed by atoms with van der Waals surface area (Å²) in [5.41, 5.74) is 0.847. The van der Waals surface area contributed by atoms with Crippen molar-refractivity contribution in [2.45, 2.75) is 6.42 Å². The van der Waals surface area contributed by atoms with E-state index >= 15 is 0 Å². The SMILES string of the molecule is Cn1ncc(C#N)c1NC(=O)Cc1c(Cl)cccc1Cl. The molecule has 2 aromatic rings. The Morgan fingerprint density at radius 1 is 1.45 bits per heavy atom. The predicted molar refractivity (Wildman–Crippen MR) is 76.7 cm³/mol. The van der Waals surface area contributed by atoms with Crippen molar-refractivity contribution in [1.82, 2.24) is 9.78 Å². The molecule has 5 nitrogen and oxygen atoms in total. The second kappa shape index (κ2) is 5.95. The van der Waals surface area contributed by atoms with Gasteiger partial charge in [-0.05, 0) is 17.7 Å². The summed E-state index contributed by atoms with van der Waals surface area (Å²) in [4.78, 5) is 12.0. The number of carbonyl (C=O) groups is 1. The molecule has 102 valence electrons. The Labute approximate surface area is 125 Å². The second-order valence-corrected chi connectivity index (χ2v) is 4.88. The molecule has 1 N–H and O–H groups in total. The average molecular weight is 309 g/mol. The lowest BCUT2D eigenvalue weighted by atomic mass is 10.1. The van der Waals surface area contributed by atoms with Gasteiger partial charge in [0.1, 0.15) is 17.5 Å². The molecular formula is C13H10Cl2N4O. The van der Waals surface area contributed by atoms with Crippen molar-refractivity contribution in [2.24, 2.45) is 7.05 Å². The van der Waals surface area contributed by atoms with Crippen molar-refractivity contribution in [2.75, 3.05) is 5.32 Å². The Kier molecular flexibility index (Phi) is 4.28. The van der Waals surface area contributed by atoms with Crippen LogP contribution in [0.1, 0.15) is 11.1 Å². The fourth-order valence-corrected chi connectivity index (χ4v) is 2.24. The van der Waals surface area contributed by atoms with Gasteiger partial charge in [-0.15, -0.1) is 0 Å². The molecule has 0 saturated carbocycles. The fraction of sp³-hybridized carbons (Fsp3) is 0.154. The van der Waals surface area contributed by atoms with E-state index in [0.717, 1.165) is 0 Å². The molecule has 2 rings (SSSR count). The third-order valence-electron chi connectivity index (χ3n) is 2.72. The van der Waals surface area contributed by atoms with Gasteiger partial charge in [-0.3, -0.25) is 9.48 Å². The molecule has 1 aromatic heterocycles. The van der Waals surface area contributed by atoms with Crippen LogP contribution in [0.2, 0.25) is 10.0 Å². The molecule has 0 spiro atoms. The first-order valence-corrected chi connectivity index (χ1v) is 6.43. The van der Waals surface area contributed by atoms with Crippen LogP contribution in [0.3, 0.4) is 0 Å². The molecule has 0 bridgehead atoms. The normalized spacial score (nSPS) is 10.1. The molecule has 1 amide bonds. The molecule has 7 heteroatoms. The highest BCUT2D eigenvalue weighted by Crippen LogP contribution is 2.25. The van der Waals surface area contributed by atoms with E-state index in [1.54, 1.807) is 25.2 Å². The molecule has 20 heavy (non-hydrogen) atoms. The second-order valence-electron chi connectivity index (χ2n) is 4.07. The third kappa shape index (κ3) is 2.93. The van der Waals surface area contributed by atoms with Crippen molar-refractivity contribution in [1.29, 1.82) is 5.26 Å². The summed E-state index contributed by atoms with van der Waals surface area (Å²) in [6, 6.07) is 7.00. The van der Waals surface area contributed by atoms with E-state index in [1.807, 2.05) is 6.07 Å². The number of anilines is 1. The summed E-state index contributed by atoms with van der Waals surface area (Å²) in [7, 11) is 1.64. The lowest BCUT2D eigenvalue weighted by molar-refractivity contribution is -0.115. The van der Waals surface area contributed by atoms with Gasteiger partial charge >= 0.3 is 0 Å². The maximum absolute atomic E-state index is 12.0. The number of benzene rings is 1. The van der Waals surface area contributed by atoms with Crippen molar-refractivity contribution in [3.8, 4) is 6.07 Å². The molecule has 0 aliphatic heterocycles. The Bertz CT molecular complexity index is 677. The zero-order valence-corrected chi connectivity index (χ0v) is 12.0. The Balaban J connectivity index is 2.18. The van der Waals surface area contributed by atoms with E-state index < -0.39 is 0 Å². The van der Waals surface area contributed by atoms with Crippen LogP contribution in [0.4, 0.5) is 5.82 Å². The molecule has 0 radical (unpaired) electrons. The highest BCUT2D eigenvalue weighted by molar-refractivity contribution is 6.36. The van der Waals surface area contributed by atoms with Crippen LogP contribution in [-0.2, 0) is 18.3 Å². The van der Waals surface area contributed by atoms with Crippen LogP contribution >= 0.6 is 23.2 Å². The van der Waals surface area contributed by atoms with Crippen LogP contribution < -0.4 is 5.32 Å². The van der Waals surface area contributed by atoms with Crippen molar-refractivity contribution in [3.63, 3.8) is 0 Å². The maximum atomic E-state index is 12.0. The molecule has 1 aromatic carbocycles. The minimum Gasteiger partial charge on any atom is -0.310 e. The molecule has 1 heterocycles. The van der Waals surface area contributed by atoms with E-state index in [9.17, 15) is 4.79 Å². The highest BCUT2D eigenvalue weighted by atomic mass is 35.5. The first-order chi connectivity index (χ1) is 9.52. The van der Waals surface area contributed by atoms with Gasteiger partial charge in [-0.2, -0.15) is 10.4 Å². The third-order valence-corrected chi connectivity index (χ3v) is 3.42. The Hall–Kier alpha value is -2.03. The largest absolute Gasteiger partial charge is 0.310 e. The minimum absolute atomic E-state index is 0.0224. The van der Waals surface area contributed by atoms with Gasteiger partial charge in [0.05, 0.1) is 12.6 Å². The maximum Gasteiger partial charge on any atom is 0.230 e. The smallest absolute Gasteiger partial charge is 0.230 e. The standard InChI is InChI=1S/C13H10Cl2N4O/c1-19-13(8(6-16)7-17-19)18-12(20)5-9-10(14)3-2-4-11(9)15/h2-4,7H,5H2,1H3,(H,18,20). The Morgan fingerprint density at radius 2 is 2.10 bits per heavy atom. The number of rotatable bonds is 3. The van der Waals surface area contributed by atoms with Crippen LogP contribution in [0, 0.1) is 11.3 Å². The number of aromatic nitrogens is 2. The zero-order valence-electron chi connectivity index (χ0n) is 10.5. The summed E-state index contributed by atoms with van der Waals surface area (Å²) >= 11 is 12.0. The van der Waals surface area contributed by atoms with E-state index in [2.05, 4.69) is 10.4 Å². The van der Waals surface area contributed by atoms with Crippen molar-refractivity contribution < 1.29 is 4.79 Å². The average Bonchev–Trinajstić information content (AvgIpc) is 2.75. The minimum atomic E-state index is -0.319. The lowest BCUT2D eigenvalue weighted by Crippen LogP contribution is -2.17. The zero-order chi connectivity index (χ0) is 14.7. The van der Waals surface area contributed by atoms with Gasteiger partial charge in [0, 0.05) is 17.1 Å². The van der Waals surface area contributed by atoms with E-state index in [-0.39, 0.29) is 12.3 Å². The first-order valence-electron chi connectivity index (χ1n) is 5.67. The number of hydrogen-bond donors (Lipinski definition) is 1. The fourth-order valence-electron chi connectivity index (χ4n) is 1.71. The molecule has 0 atom stereocenters.